The second kappa shape index (κ2) is 6.42. The highest BCUT2D eigenvalue weighted by Gasteiger charge is 2.30. The molecule has 3 aromatic rings. The minimum absolute atomic E-state index is 0.291. The highest BCUT2D eigenvalue weighted by atomic mass is 19.4. The second-order valence-corrected chi connectivity index (χ2v) is 6.10. The molecule has 0 fully saturated rings. The van der Waals surface area contributed by atoms with Gasteiger partial charge in [-0.05, 0) is 30.2 Å². The van der Waals surface area contributed by atoms with Crippen LogP contribution in [0, 0.1) is 0 Å². The molecule has 4 nitrogen and oxygen atoms in total. The normalized spacial score (nSPS) is 14.4. The Morgan fingerprint density at radius 2 is 2.00 bits per heavy atom. The van der Waals surface area contributed by atoms with E-state index in [4.69, 9.17) is 0 Å². The van der Waals surface area contributed by atoms with Crippen LogP contribution < -0.4 is 5.56 Å². The number of rotatable bonds is 2. The number of alkyl halides is 3. The van der Waals surface area contributed by atoms with Crippen LogP contribution in [-0.2, 0) is 6.18 Å². The lowest BCUT2D eigenvalue weighted by atomic mass is 10.0. The predicted octanol–water partition coefficient (Wildman–Crippen LogP) is 4.63. The fraction of sp³-hybridized carbons (Fsp3) is 0.100. The first-order valence-electron chi connectivity index (χ1n) is 8.24. The van der Waals surface area contributed by atoms with Gasteiger partial charge in [-0.2, -0.15) is 13.2 Å². The predicted molar refractivity (Wildman–Crippen MR) is 97.6 cm³/mol. The van der Waals surface area contributed by atoms with Gasteiger partial charge in [-0.1, -0.05) is 36.4 Å². The smallest absolute Gasteiger partial charge is 0.312 e. The monoisotopic (exact) mass is 369 g/mol. The Bertz CT molecular complexity index is 1160. The van der Waals surface area contributed by atoms with Crippen molar-refractivity contribution in [1.29, 1.82) is 0 Å². The lowest BCUT2D eigenvalue weighted by Crippen LogP contribution is -2.08. The van der Waals surface area contributed by atoms with Gasteiger partial charge < -0.3 is 9.55 Å². The topological polar surface area (TPSA) is 50.7 Å². The third kappa shape index (κ3) is 3.12. The summed E-state index contributed by atoms with van der Waals surface area (Å²) in [6.45, 7) is 0. The van der Waals surface area contributed by atoms with E-state index in [9.17, 15) is 18.0 Å². The number of halogens is 3. The molecular weight excluding hydrogens is 355 g/mol. The molecule has 0 unspecified atom stereocenters. The summed E-state index contributed by atoms with van der Waals surface area (Å²) in [5.41, 5.74) is 1.04. The minimum atomic E-state index is -4.45. The van der Waals surface area contributed by atoms with Crippen LogP contribution >= 0.6 is 0 Å². The molecule has 0 radical (unpaired) electrons. The SMILES string of the molecule is O=c1[nH]cnc2c1c(C1=CC=CC=CC1)cn2-c1cccc(C(F)(F)F)c1. The van der Waals surface area contributed by atoms with Crippen molar-refractivity contribution in [3.63, 3.8) is 0 Å². The number of nitrogens with one attached hydrogen (secondary N) is 1. The molecular formula is C20H14F3N3O. The first kappa shape index (κ1) is 17.1. The van der Waals surface area contributed by atoms with Crippen LogP contribution in [0.5, 0.6) is 0 Å². The van der Waals surface area contributed by atoms with E-state index in [0.717, 1.165) is 17.7 Å². The van der Waals surface area contributed by atoms with E-state index >= 15 is 0 Å². The van der Waals surface area contributed by atoms with E-state index in [1.165, 1.54) is 17.0 Å². The Kier molecular flexibility index (Phi) is 4.07. The van der Waals surface area contributed by atoms with Crippen molar-refractivity contribution in [2.45, 2.75) is 12.6 Å². The molecule has 136 valence electrons. The maximum absolute atomic E-state index is 13.1. The Labute approximate surface area is 152 Å². The molecule has 2 heterocycles. The summed E-state index contributed by atoms with van der Waals surface area (Å²) in [6, 6.07) is 4.96. The van der Waals surface area contributed by atoms with E-state index in [0.29, 0.717) is 28.7 Å². The van der Waals surface area contributed by atoms with Crippen LogP contribution in [0.1, 0.15) is 17.5 Å². The number of hydrogen-bond donors (Lipinski definition) is 1. The highest BCUT2D eigenvalue weighted by molar-refractivity contribution is 5.92. The molecule has 0 spiro atoms. The second-order valence-electron chi connectivity index (χ2n) is 6.10. The van der Waals surface area contributed by atoms with Crippen molar-refractivity contribution in [2.75, 3.05) is 0 Å². The maximum atomic E-state index is 13.1. The van der Waals surface area contributed by atoms with Crippen molar-refractivity contribution in [3.05, 3.63) is 88.7 Å². The molecule has 1 aromatic carbocycles. The van der Waals surface area contributed by atoms with Crippen molar-refractivity contribution in [1.82, 2.24) is 14.5 Å². The molecule has 0 atom stereocenters. The summed E-state index contributed by atoms with van der Waals surface area (Å²) in [5, 5.41) is 0.352. The molecule has 1 N–H and O–H groups in total. The third-order valence-electron chi connectivity index (χ3n) is 4.38. The van der Waals surface area contributed by atoms with Crippen LogP contribution in [0.15, 0.2) is 72.0 Å². The molecule has 0 amide bonds. The number of aromatic nitrogens is 3. The van der Waals surface area contributed by atoms with Gasteiger partial charge in [0.2, 0.25) is 0 Å². The van der Waals surface area contributed by atoms with E-state index < -0.39 is 11.7 Å². The van der Waals surface area contributed by atoms with Crippen molar-refractivity contribution in [2.24, 2.45) is 0 Å². The van der Waals surface area contributed by atoms with Crippen molar-refractivity contribution < 1.29 is 13.2 Å². The van der Waals surface area contributed by atoms with Crippen LogP contribution in [0.25, 0.3) is 22.3 Å². The van der Waals surface area contributed by atoms with Gasteiger partial charge in [-0.3, -0.25) is 4.79 Å². The van der Waals surface area contributed by atoms with Gasteiger partial charge >= 0.3 is 6.18 Å². The minimum Gasteiger partial charge on any atom is -0.312 e. The van der Waals surface area contributed by atoms with Crippen molar-refractivity contribution in [3.8, 4) is 5.69 Å². The third-order valence-corrected chi connectivity index (χ3v) is 4.38. The molecule has 7 heteroatoms. The molecule has 1 aliphatic carbocycles. The van der Waals surface area contributed by atoms with Crippen LogP contribution in [0.2, 0.25) is 0 Å². The molecule has 0 saturated heterocycles. The summed E-state index contributed by atoms with van der Waals surface area (Å²) in [5.74, 6) is 0. The molecule has 27 heavy (non-hydrogen) atoms. The van der Waals surface area contributed by atoms with E-state index in [1.807, 2.05) is 30.4 Å². The van der Waals surface area contributed by atoms with Gasteiger partial charge in [0.15, 0.2) is 5.65 Å². The highest BCUT2D eigenvalue weighted by Crippen LogP contribution is 2.33. The fourth-order valence-electron chi connectivity index (χ4n) is 3.12. The maximum Gasteiger partial charge on any atom is 0.416 e. The largest absolute Gasteiger partial charge is 0.416 e. The van der Waals surface area contributed by atoms with Crippen LogP contribution in [0.3, 0.4) is 0 Å². The molecule has 1 aliphatic rings. The molecule has 0 saturated carbocycles. The summed E-state index contributed by atoms with van der Waals surface area (Å²) in [4.78, 5) is 19.2. The van der Waals surface area contributed by atoms with Crippen LogP contribution in [-0.4, -0.2) is 14.5 Å². The quantitative estimate of drug-likeness (QED) is 0.716. The number of aromatic amines is 1. The summed E-state index contributed by atoms with van der Waals surface area (Å²) in [7, 11) is 0. The Morgan fingerprint density at radius 3 is 2.81 bits per heavy atom. The number of benzene rings is 1. The van der Waals surface area contributed by atoms with E-state index in [2.05, 4.69) is 9.97 Å². The van der Waals surface area contributed by atoms with E-state index in [1.54, 1.807) is 12.3 Å². The zero-order valence-electron chi connectivity index (χ0n) is 14.0. The number of H-pyrrole nitrogens is 1. The number of nitrogens with zero attached hydrogens (tertiary/aromatic N) is 2. The fourth-order valence-corrected chi connectivity index (χ4v) is 3.12. The van der Waals surface area contributed by atoms with Crippen molar-refractivity contribution >= 4 is 16.6 Å². The van der Waals surface area contributed by atoms with Gasteiger partial charge in [-0.15, -0.1) is 0 Å². The summed E-state index contributed by atoms with van der Waals surface area (Å²) < 4.78 is 40.8. The lowest BCUT2D eigenvalue weighted by molar-refractivity contribution is -0.137. The standard InChI is InChI=1S/C20H14F3N3O/c21-20(22,23)14-8-5-9-15(10-14)26-11-16(13-6-3-1-2-4-7-13)17-18(26)24-12-25-19(17)27/h1-6,8-12H,7H2,(H,24,25,27). The average Bonchev–Trinajstić information content (AvgIpc) is 2.83. The van der Waals surface area contributed by atoms with Crippen LogP contribution in [0.4, 0.5) is 13.2 Å². The van der Waals surface area contributed by atoms with Gasteiger partial charge in [0.25, 0.3) is 5.56 Å². The van der Waals surface area contributed by atoms with E-state index in [-0.39, 0.29) is 5.56 Å². The molecule has 2 aromatic heterocycles. The first-order valence-corrected chi connectivity index (χ1v) is 8.24. The van der Waals surface area contributed by atoms with Gasteiger partial charge in [0, 0.05) is 17.4 Å². The summed E-state index contributed by atoms with van der Waals surface area (Å²) >= 11 is 0. The van der Waals surface area contributed by atoms with Gasteiger partial charge in [0.1, 0.15) is 0 Å². The number of fused-ring (bicyclic) bond motifs is 1. The number of hydrogen-bond acceptors (Lipinski definition) is 2. The summed E-state index contributed by atoms with van der Waals surface area (Å²) in [6.07, 6.45) is 8.54. The Balaban J connectivity index is 1.97. The average molecular weight is 369 g/mol. The van der Waals surface area contributed by atoms with Gasteiger partial charge in [-0.25, -0.2) is 4.98 Å². The lowest BCUT2D eigenvalue weighted by Gasteiger charge is -2.10. The Morgan fingerprint density at radius 1 is 1.15 bits per heavy atom. The molecule has 0 bridgehead atoms. The zero-order chi connectivity index (χ0) is 19.0. The first-order chi connectivity index (χ1) is 12.9. The Hall–Kier alpha value is -3.35. The molecule has 4 rings (SSSR count). The number of allylic oxidation sites excluding steroid dienone is 6. The molecule has 0 aliphatic heterocycles. The van der Waals surface area contributed by atoms with Gasteiger partial charge in [0.05, 0.1) is 17.3 Å². The zero-order valence-corrected chi connectivity index (χ0v) is 14.0.